The summed E-state index contributed by atoms with van der Waals surface area (Å²) < 4.78 is 14.3. The van der Waals surface area contributed by atoms with Gasteiger partial charge >= 0.3 is 0 Å². The monoisotopic (exact) mass is 526 g/mol. The Balaban J connectivity index is 1.35. The SMILES string of the molecule is COc1ccc2c3c(ccc(C)c13)-c1c-2sc2cc3c4c(sc3cc12)-c1ccc(OC)c2c(C)ccc-4c12. The van der Waals surface area contributed by atoms with Crippen LogP contribution in [0.15, 0.2) is 60.7 Å². The van der Waals surface area contributed by atoms with E-state index in [2.05, 4.69) is 74.5 Å². The van der Waals surface area contributed by atoms with Gasteiger partial charge in [0.05, 0.1) is 14.2 Å². The van der Waals surface area contributed by atoms with Crippen molar-refractivity contribution in [3.05, 3.63) is 71.8 Å². The minimum Gasteiger partial charge on any atom is -0.496 e. The molecule has 0 saturated heterocycles. The number of ether oxygens (including phenoxy) is 2. The average Bonchev–Trinajstić information content (AvgIpc) is 3.65. The fourth-order valence-electron chi connectivity index (χ4n) is 7.00. The quantitative estimate of drug-likeness (QED) is 0.223. The summed E-state index contributed by atoms with van der Waals surface area (Å²) in [6.07, 6.45) is 0. The van der Waals surface area contributed by atoms with Crippen LogP contribution in [0.25, 0.3) is 84.9 Å². The molecule has 9 rings (SSSR count). The molecule has 2 aliphatic carbocycles. The second-order valence-corrected chi connectivity index (χ2v) is 12.6. The van der Waals surface area contributed by atoms with E-state index in [4.69, 9.17) is 9.47 Å². The minimum absolute atomic E-state index is 0.958. The molecular weight excluding hydrogens is 505 g/mol. The number of thiophene rings is 2. The van der Waals surface area contributed by atoms with Gasteiger partial charge in [-0.1, -0.05) is 24.3 Å². The van der Waals surface area contributed by atoms with E-state index in [9.17, 15) is 0 Å². The summed E-state index contributed by atoms with van der Waals surface area (Å²) in [4.78, 5) is 2.77. The summed E-state index contributed by atoms with van der Waals surface area (Å²) >= 11 is 3.86. The third kappa shape index (κ3) is 2.31. The molecule has 0 fully saturated rings. The van der Waals surface area contributed by atoms with Crippen molar-refractivity contribution in [3.8, 4) is 54.6 Å². The maximum atomic E-state index is 5.77. The van der Waals surface area contributed by atoms with Crippen LogP contribution in [0.3, 0.4) is 0 Å². The number of fused-ring (bicyclic) bond motifs is 10. The zero-order chi connectivity index (χ0) is 25.4. The highest BCUT2D eigenvalue weighted by Crippen LogP contribution is 2.60. The number of aryl methyl sites for hydroxylation is 2. The Hall–Kier alpha value is -3.86. The lowest BCUT2D eigenvalue weighted by Gasteiger charge is -2.11. The van der Waals surface area contributed by atoms with E-state index in [1.54, 1.807) is 14.2 Å². The first kappa shape index (κ1) is 21.1. The van der Waals surface area contributed by atoms with Gasteiger partial charge in [0, 0.05) is 73.7 Å². The largest absolute Gasteiger partial charge is 0.496 e. The third-order valence-electron chi connectivity index (χ3n) is 8.63. The van der Waals surface area contributed by atoms with Crippen molar-refractivity contribution < 1.29 is 9.47 Å². The molecule has 0 atom stereocenters. The molecule has 0 radical (unpaired) electrons. The van der Waals surface area contributed by atoms with E-state index in [1.807, 2.05) is 22.7 Å². The Morgan fingerprint density at radius 2 is 0.921 bits per heavy atom. The Bertz CT molecular complexity index is 2070. The van der Waals surface area contributed by atoms with E-state index >= 15 is 0 Å². The second-order valence-electron chi connectivity index (χ2n) is 10.4. The molecule has 2 heterocycles. The van der Waals surface area contributed by atoms with E-state index in [1.165, 1.54) is 96.0 Å². The van der Waals surface area contributed by atoms with Crippen molar-refractivity contribution in [2.24, 2.45) is 0 Å². The molecule has 0 saturated carbocycles. The van der Waals surface area contributed by atoms with Gasteiger partial charge in [-0.2, -0.15) is 0 Å². The maximum Gasteiger partial charge on any atom is 0.127 e. The highest BCUT2D eigenvalue weighted by atomic mass is 32.1. The molecule has 0 aliphatic heterocycles. The molecule has 0 amide bonds. The van der Waals surface area contributed by atoms with E-state index < -0.39 is 0 Å². The molecular formula is C34H22O2S2. The van der Waals surface area contributed by atoms with Gasteiger partial charge in [-0.3, -0.25) is 0 Å². The Morgan fingerprint density at radius 1 is 0.500 bits per heavy atom. The van der Waals surface area contributed by atoms with Gasteiger partial charge in [0.1, 0.15) is 11.5 Å². The minimum atomic E-state index is 0.958. The summed E-state index contributed by atoms with van der Waals surface area (Å²) in [5, 5.41) is 7.89. The summed E-state index contributed by atoms with van der Waals surface area (Å²) in [5.74, 6) is 1.92. The number of benzene rings is 5. The average molecular weight is 527 g/mol. The van der Waals surface area contributed by atoms with Crippen molar-refractivity contribution >= 4 is 64.4 Å². The molecule has 0 N–H and O–H groups in total. The van der Waals surface area contributed by atoms with Gasteiger partial charge in [-0.15, -0.1) is 22.7 Å². The van der Waals surface area contributed by atoms with Gasteiger partial charge in [0.2, 0.25) is 0 Å². The molecule has 0 unspecified atom stereocenters. The lowest BCUT2D eigenvalue weighted by molar-refractivity contribution is 0.419. The van der Waals surface area contributed by atoms with Crippen LogP contribution in [0.2, 0.25) is 0 Å². The highest BCUT2D eigenvalue weighted by molar-refractivity contribution is 7.25. The first-order valence-electron chi connectivity index (χ1n) is 12.8. The van der Waals surface area contributed by atoms with Crippen LogP contribution in [0.5, 0.6) is 11.5 Å². The summed E-state index contributed by atoms with van der Waals surface area (Å²) in [5.41, 5.74) is 10.6. The van der Waals surface area contributed by atoms with Crippen LogP contribution in [0.4, 0.5) is 0 Å². The van der Waals surface area contributed by atoms with E-state index in [0.29, 0.717) is 0 Å². The predicted molar refractivity (Wildman–Crippen MR) is 164 cm³/mol. The predicted octanol–water partition coefficient (Wildman–Crippen LogP) is 10.4. The smallest absolute Gasteiger partial charge is 0.127 e. The Morgan fingerprint density at radius 3 is 1.34 bits per heavy atom. The highest BCUT2D eigenvalue weighted by Gasteiger charge is 2.31. The van der Waals surface area contributed by atoms with Crippen LogP contribution in [-0.2, 0) is 0 Å². The van der Waals surface area contributed by atoms with Crippen molar-refractivity contribution in [1.82, 2.24) is 0 Å². The summed E-state index contributed by atoms with van der Waals surface area (Å²) in [7, 11) is 3.54. The number of hydrogen-bond donors (Lipinski definition) is 0. The van der Waals surface area contributed by atoms with Crippen LogP contribution >= 0.6 is 22.7 Å². The summed E-state index contributed by atoms with van der Waals surface area (Å²) in [6, 6.07) is 22.8. The van der Waals surface area contributed by atoms with Gasteiger partial charge in [0.15, 0.2) is 0 Å². The van der Waals surface area contributed by atoms with Gasteiger partial charge in [-0.05, 0) is 72.5 Å². The number of rotatable bonds is 2. The first-order chi connectivity index (χ1) is 18.6. The van der Waals surface area contributed by atoms with Crippen LogP contribution in [0.1, 0.15) is 11.1 Å². The maximum absolute atomic E-state index is 5.77. The van der Waals surface area contributed by atoms with Gasteiger partial charge < -0.3 is 9.47 Å². The molecule has 5 aromatic carbocycles. The number of hydrogen-bond acceptors (Lipinski definition) is 4. The Kier molecular flexibility index (Phi) is 3.87. The molecule has 0 spiro atoms. The van der Waals surface area contributed by atoms with Gasteiger partial charge in [0.25, 0.3) is 0 Å². The van der Waals surface area contributed by atoms with Crippen LogP contribution in [-0.4, -0.2) is 14.2 Å². The second kappa shape index (κ2) is 6.96. The van der Waals surface area contributed by atoms with Crippen molar-refractivity contribution in [2.75, 3.05) is 14.2 Å². The van der Waals surface area contributed by atoms with Crippen LogP contribution < -0.4 is 9.47 Å². The van der Waals surface area contributed by atoms with Crippen LogP contribution in [0, 0.1) is 13.8 Å². The zero-order valence-electron chi connectivity index (χ0n) is 21.4. The molecule has 38 heavy (non-hydrogen) atoms. The van der Waals surface area contributed by atoms with E-state index in [0.717, 1.165) is 11.5 Å². The first-order valence-corrected chi connectivity index (χ1v) is 14.5. The van der Waals surface area contributed by atoms with Crippen molar-refractivity contribution in [1.29, 1.82) is 0 Å². The standard InChI is InChI=1S/C34H22O2S2/c1-15-5-7-17-29-19(9-11-23(35-3)27(15)29)33-31(17)21-13-26-22(14-25(21)37-33)32-18-8-6-16(2)28-24(36-4)12-10-20(30(18)28)34(32)38-26/h5-14H,1-4H3. The zero-order valence-corrected chi connectivity index (χ0v) is 23.0. The van der Waals surface area contributed by atoms with Gasteiger partial charge in [-0.25, -0.2) is 0 Å². The lowest BCUT2D eigenvalue weighted by Crippen LogP contribution is -1.88. The van der Waals surface area contributed by atoms with Crippen molar-refractivity contribution in [3.63, 3.8) is 0 Å². The molecule has 182 valence electrons. The normalized spacial score (nSPS) is 12.7. The third-order valence-corrected chi connectivity index (χ3v) is 11.0. The fourth-order valence-corrected chi connectivity index (χ4v) is 9.53. The molecule has 7 aromatic rings. The number of methoxy groups -OCH3 is 2. The van der Waals surface area contributed by atoms with Crippen molar-refractivity contribution in [2.45, 2.75) is 13.8 Å². The molecule has 2 aliphatic rings. The topological polar surface area (TPSA) is 18.5 Å². The summed E-state index contributed by atoms with van der Waals surface area (Å²) in [6.45, 7) is 4.37. The fraction of sp³-hybridized carbons (Fsp3) is 0.118. The molecule has 2 nitrogen and oxygen atoms in total. The lowest BCUT2D eigenvalue weighted by atomic mass is 9.96. The molecule has 2 aromatic heterocycles. The molecule has 0 bridgehead atoms. The van der Waals surface area contributed by atoms with E-state index in [-0.39, 0.29) is 0 Å². The Labute approximate surface area is 227 Å². The molecule has 4 heteroatoms.